The molecule has 1 saturated heterocycles. The Kier molecular flexibility index (Phi) is 6.08. The molecule has 176 valence electrons. The van der Waals surface area contributed by atoms with Gasteiger partial charge in [-0.25, -0.2) is 13.4 Å². The topological polar surface area (TPSA) is 87.5 Å². The lowest BCUT2D eigenvalue weighted by molar-refractivity contribution is -0.137. The summed E-state index contributed by atoms with van der Waals surface area (Å²) in [5.74, 6) is 0. The number of β-amino-alcohol motifs (C(OH)–C–C–N with tert-alkyl or cyclic N) is 1. The van der Waals surface area contributed by atoms with E-state index in [1.165, 1.54) is 33.5 Å². The molecule has 2 atom stereocenters. The molecule has 1 aliphatic rings. The molecule has 2 heterocycles. The minimum atomic E-state index is -4.43. The van der Waals surface area contributed by atoms with Crippen molar-refractivity contribution in [2.75, 3.05) is 13.1 Å². The van der Waals surface area contributed by atoms with Crippen molar-refractivity contribution < 1.29 is 26.7 Å². The molecule has 2 aromatic carbocycles. The largest absolute Gasteiger partial charge is 0.416 e. The first-order valence-electron chi connectivity index (χ1n) is 10.2. The van der Waals surface area contributed by atoms with Crippen molar-refractivity contribution in [2.45, 2.75) is 29.4 Å². The number of nitrogens with one attached hydrogen (secondary N) is 1. The summed E-state index contributed by atoms with van der Waals surface area (Å²) in [6, 6.07) is 12.7. The van der Waals surface area contributed by atoms with Gasteiger partial charge in [0.15, 0.2) is 5.03 Å². The zero-order valence-electron chi connectivity index (χ0n) is 17.7. The summed E-state index contributed by atoms with van der Waals surface area (Å²) in [5, 5.41) is 14.6. The Balaban J connectivity index is 1.59. The molecule has 1 aliphatic heterocycles. The van der Waals surface area contributed by atoms with E-state index in [0.29, 0.717) is 11.1 Å². The van der Waals surface area contributed by atoms with E-state index in [2.05, 4.69) is 10.3 Å². The van der Waals surface area contributed by atoms with Gasteiger partial charge in [-0.05, 0) is 23.3 Å². The van der Waals surface area contributed by atoms with Crippen molar-refractivity contribution >= 4 is 10.0 Å². The van der Waals surface area contributed by atoms with Gasteiger partial charge in [0.1, 0.15) is 5.60 Å². The van der Waals surface area contributed by atoms with Crippen LogP contribution in [0.3, 0.4) is 0 Å². The zero-order chi connectivity index (χ0) is 23.9. The fourth-order valence-corrected chi connectivity index (χ4v) is 5.40. The van der Waals surface area contributed by atoms with Crippen LogP contribution in [0.4, 0.5) is 13.2 Å². The number of benzene rings is 2. The molecule has 7 nitrogen and oxygen atoms in total. The van der Waals surface area contributed by atoms with Crippen LogP contribution in [0.25, 0.3) is 0 Å². The van der Waals surface area contributed by atoms with E-state index in [0.717, 1.165) is 12.1 Å². The van der Waals surface area contributed by atoms with Gasteiger partial charge in [-0.15, -0.1) is 0 Å². The van der Waals surface area contributed by atoms with Gasteiger partial charge in [0.05, 0.1) is 17.9 Å². The average Bonchev–Trinajstić information content (AvgIpc) is 3.37. The van der Waals surface area contributed by atoms with Crippen LogP contribution < -0.4 is 5.32 Å². The van der Waals surface area contributed by atoms with Gasteiger partial charge in [0, 0.05) is 32.9 Å². The zero-order valence-corrected chi connectivity index (χ0v) is 18.5. The van der Waals surface area contributed by atoms with Gasteiger partial charge >= 0.3 is 6.18 Å². The van der Waals surface area contributed by atoms with Gasteiger partial charge in [-0.2, -0.15) is 17.5 Å². The van der Waals surface area contributed by atoms with Crippen LogP contribution >= 0.6 is 0 Å². The fraction of sp³-hybridized carbons (Fsp3) is 0.318. The molecule has 0 saturated carbocycles. The van der Waals surface area contributed by atoms with Gasteiger partial charge in [-0.1, -0.05) is 42.5 Å². The number of rotatable bonds is 6. The Morgan fingerprint density at radius 3 is 2.39 bits per heavy atom. The first kappa shape index (κ1) is 23.4. The molecule has 0 amide bonds. The van der Waals surface area contributed by atoms with E-state index in [4.69, 9.17) is 0 Å². The molecule has 0 aliphatic carbocycles. The van der Waals surface area contributed by atoms with Crippen LogP contribution in [0, 0.1) is 0 Å². The van der Waals surface area contributed by atoms with Crippen molar-refractivity contribution in [3.63, 3.8) is 0 Å². The number of nitrogens with zero attached hydrogens (tertiary/aromatic N) is 3. The second kappa shape index (κ2) is 8.56. The first-order chi connectivity index (χ1) is 15.5. The second-order valence-electron chi connectivity index (χ2n) is 8.09. The Morgan fingerprint density at radius 2 is 1.82 bits per heavy atom. The number of hydrogen-bond acceptors (Lipinski definition) is 5. The Bertz CT molecular complexity index is 1210. The summed E-state index contributed by atoms with van der Waals surface area (Å²) in [4.78, 5) is 3.94. The van der Waals surface area contributed by atoms with Crippen LogP contribution in [0.15, 0.2) is 72.1 Å². The molecule has 3 aromatic rings. The smallest absolute Gasteiger partial charge is 0.382 e. The third kappa shape index (κ3) is 4.67. The highest BCUT2D eigenvalue weighted by Gasteiger charge is 2.50. The molecular formula is C22H23F3N4O3S. The van der Waals surface area contributed by atoms with Crippen LogP contribution in [-0.2, 0) is 35.4 Å². The predicted molar refractivity (Wildman–Crippen MR) is 114 cm³/mol. The average molecular weight is 481 g/mol. The molecule has 1 aromatic heterocycles. The highest BCUT2D eigenvalue weighted by molar-refractivity contribution is 7.89. The SMILES string of the molecule is Cn1cnc(S(=O)(=O)N2CC(NCc3ccc(C(F)(F)F)cc3)C(O)(c3ccccc3)C2)c1. The Hall–Kier alpha value is -2.73. The summed E-state index contributed by atoms with van der Waals surface area (Å²) in [6.07, 6.45) is -1.65. The molecule has 4 rings (SSSR count). The van der Waals surface area contributed by atoms with E-state index >= 15 is 0 Å². The van der Waals surface area contributed by atoms with E-state index in [-0.39, 0.29) is 24.7 Å². The standard InChI is InChI=1S/C22H23F3N4O3S/c1-28-13-20(27-15-28)33(31,32)29-12-19(21(30,14-29)17-5-3-2-4-6-17)26-11-16-7-9-18(10-8-16)22(23,24)25/h2-10,13,15,19,26,30H,11-12,14H2,1H3. The highest BCUT2D eigenvalue weighted by Crippen LogP contribution is 2.35. The highest BCUT2D eigenvalue weighted by atomic mass is 32.2. The number of aryl methyl sites for hydroxylation is 1. The van der Waals surface area contributed by atoms with E-state index in [9.17, 15) is 26.7 Å². The molecule has 2 N–H and O–H groups in total. The Morgan fingerprint density at radius 1 is 1.15 bits per heavy atom. The lowest BCUT2D eigenvalue weighted by Crippen LogP contribution is -2.47. The number of aliphatic hydroxyl groups is 1. The van der Waals surface area contributed by atoms with Gasteiger partial charge in [0.25, 0.3) is 10.0 Å². The van der Waals surface area contributed by atoms with Crippen LogP contribution in [-0.4, -0.2) is 46.5 Å². The van der Waals surface area contributed by atoms with Crippen molar-refractivity contribution in [1.29, 1.82) is 0 Å². The fourth-order valence-electron chi connectivity index (χ4n) is 3.94. The lowest BCUT2D eigenvalue weighted by Gasteiger charge is -2.30. The molecular weight excluding hydrogens is 457 g/mol. The van der Waals surface area contributed by atoms with Crippen molar-refractivity contribution in [2.24, 2.45) is 7.05 Å². The lowest BCUT2D eigenvalue weighted by atomic mass is 9.89. The summed E-state index contributed by atoms with van der Waals surface area (Å²) in [7, 11) is -2.30. The summed E-state index contributed by atoms with van der Waals surface area (Å²) >= 11 is 0. The van der Waals surface area contributed by atoms with Crippen molar-refractivity contribution in [3.05, 3.63) is 83.8 Å². The number of imidazole rings is 1. The molecule has 1 fully saturated rings. The normalized spacial score (nSPS) is 22.0. The monoisotopic (exact) mass is 480 g/mol. The predicted octanol–water partition coefficient (Wildman–Crippen LogP) is 2.49. The maximum Gasteiger partial charge on any atom is 0.416 e. The number of alkyl halides is 3. The molecule has 11 heteroatoms. The first-order valence-corrected chi connectivity index (χ1v) is 11.6. The molecule has 33 heavy (non-hydrogen) atoms. The minimum Gasteiger partial charge on any atom is -0.382 e. The second-order valence-corrected chi connectivity index (χ2v) is 9.98. The Labute approximate surface area is 189 Å². The molecule has 2 unspecified atom stereocenters. The van der Waals surface area contributed by atoms with Crippen molar-refractivity contribution in [1.82, 2.24) is 19.2 Å². The van der Waals surface area contributed by atoms with E-state index in [1.54, 1.807) is 37.4 Å². The molecule has 0 bridgehead atoms. The molecule has 0 spiro atoms. The maximum absolute atomic E-state index is 13.1. The maximum atomic E-state index is 13.1. The van der Waals surface area contributed by atoms with Crippen LogP contribution in [0.1, 0.15) is 16.7 Å². The summed E-state index contributed by atoms with van der Waals surface area (Å²) in [5.41, 5.74) is -1.19. The summed E-state index contributed by atoms with van der Waals surface area (Å²) in [6.45, 7) is -0.0824. The van der Waals surface area contributed by atoms with Crippen LogP contribution in [0.2, 0.25) is 0 Å². The number of aromatic nitrogens is 2. The quantitative estimate of drug-likeness (QED) is 0.566. The number of sulfonamides is 1. The minimum absolute atomic E-state index is 0.0368. The number of hydrogen-bond donors (Lipinski definition) is 2. The van der Waals surface area contributed by atoms with Crippen LogP contribution in [0.5, 0.6) is 0 Å². The number of halogens is 3. The third-order valence-corrected chi connectivity index (χ3v) is 7.47. The van der Waals surface area contributed by atoms with Gasteiger partial charge < -0.3 is 15.0 Å². The van der Waals surface area contributed by atoms with E-state index in [1.807, 2.05) is 0 Å². The van der Waals surface area contributed by atoms with Gasteiger partial charge in [0.2, 0.25) is 0 Å². The third-order valence-electron chi connectivity index (χ3n) is 5.77. The molecule has 0 radical (unpaired) electrons. The van der Waals surface area contributed by atoms with Crippen molar-refractivity contribution in [3.8, 4) is 0 Å². The summed E-state index contributed by atoms with van der Waals surface area (Å²) < 4.78 is 67.4. The van der Waals surface area contributed by atoms with Gasteiger partial charge in [-0.3, -0.25) is 0 Å². The van der Waals surface area contributed by atoms with E-state index < -0.39 is 33.4 Å².